The van der Waals surface area contributed by atoms with Gasteiger partial charge in [0.2, 0.25) is 0 Å². The first kappa shape index (κ1) is 14.7. The molecule has 6 heteroatoms. The topological polar surface area (TPSA) is 89.9 Å². The maximum Gasteiger partial charge on any atom is 0.317 e. The summed E-state index contributed by atoms with van der Waals surface area (Å²) < 4.78 is 0. The van der Waals surface area contributed by atoms with Crippen molar-refractivity contribution in [3.63, 3.8) is 0 Å². The van der Waals surface area contributed by atoms with Crippen molar-refractivity contribution in [1.82, 2.24) is 10.2 Å². The van der Waals surface area contributed by atoms with E-state index in [0.717, 1.165) is 6.42 Å². The highest BCUT2D eigenvalue weighted by molar-refractivity contribution is 5.75. The van der Waals surface area contributed by atoms with Crippen LogP contribution in [0.4, 0.5) is 4.79 Å². The SMILES string of the molecule is CCCN(CCO)C(=O)NC(C)CC(=O)O. The van der Waals surface area contributed by atoms with Crippen LogP contribution in [0.3, 0.4) is 0 Å². The second kappa shape index (κ2) is 7.92. The summed E-state index contributed by atoms with van der Waals surface area (Å²) >= 11 is 0. The maximum absolute atomic E-state index is 11.6. The minimum atomic E-state index is -0.947. The predicted octanol–water partition coefficient (Wildman–Crippen LogP) is 0.263. The van der Waals surface area contributed by atoms with Crippen LogP contribution in [-0.4, -0.2) is 52.9 Å². The Morgan fingerprint density at radius 1 is 1.38 bits per heavy atom. The fraction of sp³-hybridized carbons (Fsp3) is 0.800. The Bertz CT molecular complexity index is 227. The molecule has 0 saturated heterocycles. The molecule has 0 rings (SSSR count). The Kier molecular flexibility index (Phi) is 7.28. The van der Waals surface area contributed by atoms with Crippen LogP contribution < -0.4 is 5.32 Å². The van der Waals surface area contributed by atoms with Gasteiger partial charge < -0.3 is 20.4 Å². The predicted molar refractivity (Wildman–Crippen MR) is 59.2 cm³/mol. The van der Waals surface area contributed by atoms with Gasteiger partial charge in [-0.05, 0) is 13.3 Å². The normalized spacial score (nSPS) is 11.9. The number of hydrogen-bond donors (Lipinski definition) is 3. The lowest BCUT2D eigenvalue weighted by atomic mass is 10.2. The molecule has 0 aromatic carbocycles. The van der Waals surface area contributed by atoms with E-state index in [1.807, 2.05) is 6.92 Å². The minimum absolute atomic E-state index is 0.0965. The third kappa shape index (κ3) is 6.23. The van der Waals surface area contributed by atoms with Gasteiger partial charge in [0.05, 0.1) is 13.0 Å². The molecule has 1 atom stereocenters. The van der Waals surface area contributed by atoms with Crippen molar-refractivity contribution in [2.45, 2.75) is 32.7 Å². The molecule has 0 saturated carbocycles. The Labute approximate surface area is 95.2 Å². The molecule has 0 heterocycles. The average molecular weight is 232 g/mol. The number of aliphatic hydroxyl groups excluding tert-OH is 1. The smallest absolute Gasteiger partial charge is 0.317 e. The van der Waals surface area contributed by atoms with Gasteiger partial charge in [-0.1, -0.05) is 6.92 Å². The molecule has 16 heavy (non-hydrogen) atoms. The van der Waals surface area contributed by atoms with Crippen LogP contribution in [0.25, 0.3) is 0 Å². The van der Waals surface area contributed by atoms with E-state index in [9.17, 15) is 9.59 Å². The van der Waals surface area contributed by atoms with Crippen LogP contribution in [0.15, 0.2) is 0 Å². The van der Waals surface area contributed by atoms with Gasteiger partial charge in [0.15, 0.2) is 0 Å². The number of rotatable bonds is 7. The van der Waals surface area contributed by atoms with Gasteiger partial charge in [-0.25, -0.2) is 4.79 Å². The molecular weight excluding hydrogens is 212 g/mol. The lowest BCUT2D eigenvalue weighted by molar-refractivity contribution is -0.137. The summed E-state index contributed by atoms with van der Waals surface area (Å²) in [6.45, 7) is 4.28. The van der Waals surface area contributed by atoms with E-state index in [0.29, 0.717) is 6.54 Å². The van der Waals surface area contributed by atoms with Crippen LogP contribution in [0.2, 0.25) is 0 Å². The number of carboxylic acids is 1. The Hall–Kier alpha value is -1.30. The molecule has 0 aromatic rings. The van der Waals surface area contributed by atoms with E-state index in [1.54, 1.807) is 6.92 Å². The maximum atomic E-state index is 11.6. The van der Waals surface area contributed by atoms with Crippen molar-refractivity contribution >= 4 is 12.0 Å². The molecule has 0 fully saturated rings. The van der Waals surface area contributed by atoms with E-state index < -0.39 is 12.0 Å². The first-order chi connectivity index (χ1) is 7.51. The summed E-state index contributed by atoms with van der Waals surface area (Å²) in [6.07, 6.45) is 0.686. The summed E-state index contributed by atoms with van der Waals surface area (Å²) in [5.41, 5.74) is 0. The van der Waals surface area contributed by atoms with Gasteiger partial charge in [-0.2, -0.15) is 0 Å². The first-order valence-electron chi connectivity index (χ1n) is 5.39. The Morgan fingerprint density at radius 2 is 2.00 bits per heavy atom. The van der Waals surface area contributed by atoms with Crippen molar-refractivity contribution in [3.05, 3.63) is 0 Å². The summed E-state index contributed by atoms with van der Waals surface area (Å²) in [5, 5.41) is 19.9. The number of carboxylic acid groups (broad SMARTS) is 1. The largest absolute Gasteiger partial charge is 0.481 e. The number of carbonyl (C=O) groups excluding carboxylic acids is 1. The molecule has 2 amide bonds. The summed E-state index contributed by atoms with van der Waals surface area (Å²) in [6, 6.07) is -0.743. The first-order valence-corrected chi connectivity index (χ1v) is 5.39. The highest BCUT2D eigenvalue weighted by Gasteiger charge is 2.15. The third-order valence-corrected chi connectivity index (χ3v) is 2.00. The standard InChI is InChI=1S/C10H20N2O4/c1-3-4-12(5-6-13)10(16)11-8(2)7-9(14)15/h8,13H,3-7H2,1-2H3,(H,11,16)(H,14,15). The van der Waals surface area contributed by atoms with Crippen molar-refractivity contribution in [2.75, 3.05) is 19.7 Å². The molecule has 0 aliphatic rings. The van der Waals surface area contributed by atoms with E-state index in [-0.39, 0.29) is 25.6 Å². The molecule has 0 aliphatic heterocycles. The lowest BCUT2D eigenvalue weighted by Crippen LogP contribution is -2.45. The number of nitrogens with zero attached hydrogens (tertiary/aromatic N) is 1. The van der Waals surface area contributed by atoms with Crippen LogP contribution >= 0.6 is 0 Å². The van der Waals surface area contributed by atoms with Crippen LogP contribution in [0, 0.1) is 0 Å². The minimum Gasteiger partial charge on any atom is -0.481 e. The van der Waals surface area contributed by atoms with E-state index >= 15 is 0 Å². The number of urea groups is 1. The summed E-state index contributed by atoms with van der Waals surface area (Å²) in [4.78, 5) is 23.5. The molecule has 3 N–H and O–H groups in total. The molecule has 0 bridgehead atoms. The van der Waals surface area contributed by atoms with Crippen molar-refractivity contribution in [2.24, 2.45) is 0 Å². The highest BCUT2D eigenvalue weighted by atomic mass is 16.4. The fourth-order valence-corrected chi connectivity index (χ4v) is 1.32. The van der Waals surface area contributed by atoms with Crippen molar-refractivity contribution in [1.29, 1.82) is 0 Å². The lowest BCUT2D eigenvalue weighted by Gasteiger charge is -2.23. The van der Waals surface area contributed by atoms with Crippen LogP contribution in [0.5, 0.6) is 0 Å². The van der Waals surface area contributed by atoms with Crippen molar-refractivity contribution in [3.8, 4) is 0 Å². The van der Waals surface area contributed by atoms with Gasteiger partial charge in [-0.15, -0.1) is 0 Å². The number of carbonyl (C=O) groups is 2. The molecular formula is C10H20N2O4. The second-order valence-corrected chi connectivity index (χ2v) is 3.66. The van der Waals surface area contributed by atoms with E-state index in [4.69, 9.17) is 10.2 Å². The van der Waals surface area contributed by atoms with Gasteiger partial charge in [0, 0.05) is 19.1 Å². The zero-order chi connectivity index (χ0) is 12.6. The van der Waals surface area contributed by atoms with Crippen molar-refractivity contribution < 1.29 is 19.8 Å². The van der Waals surface area contributed by atoms with Crippen LogP contribution in [0.1, 0.15) is 26.7 Å². The fourth-order valence-electron chi connectivity index (χ4n) is 1.32. The monoisotopic (exact) mass is 232 g/mol. The molecule has 0 aliphatic carbocycles. The average Bonchev–Trinajstić information content (AvgIpc) is 2.15. The molecule has 94 valence electrons. The number of aliphatic hydroxyl groups is 1. The zero-order valence-corrected chi connectivity index (χ0v) is 9.77. The number of hydrogen-bond acceptors (Lipinski definition) is 3. The Balaban J connectivity index is 4.12. The molecule has 0 spiro atoms. The molecule has 1 unspecified atom stereocenters. The quantitative estimate of drug-likeness (QED) is 0.587. The van der Waals surface area contributed by atoms with Gasteiger partial charge in [0.25, 0.3) is 0 Å². The zero-order valence-electron chi connectivity index (χ0n) is 9.77. The second-order valence-electron chi connectivity index (χ2n) is 3.66. The third-order valence-electron chi connectivity index (χ3n) is 2.00. The van der Waals surface area contributed by atoms with Crippen LogP contribution in [-0.2, 0) is 4.79 Å². The molecule has 0 aromatic heterocycles. The summed E-state index contributed by atoms with van der Waals surface area (Å²) in [5.74, 6) is -0.947. The molecule has 0 radical (unpaired) electrons. The number of aliphatic carboxylic acids is 1. The Morgan fingerprint density at radius 3 is 2.44 bits per heavy atom. The van der Waals surface area contributed by atoms with E-state index in [2.05, 4.69) is 5.32 Å². The molecule has 6 nitrogen and oxygen atoms in total. The number of nitrogens with one attached hydrogen (secondary N) is 1. The van der Waals surface area contributed by atoms with Gasteiger partial charge >= 0.3 is 12.0 Å². The van der Waals surface area contributed by atoms with Gasteiger partial charge in [0.1, 0.15) is 0 Å². The highest BCUT2D eigenvalue weighted by Crippen LogP contribution is 1.96. The van der Waals surface area contributed by atoms with E-state index in [1.165, 1.54) is 4.90 Å². The summed E-state index contributed by atoms with van der Waals surface area (Å²) in [7, 11) is 0. The van der Waals surface area contributed by atoms with Gasteiger partial charge in [-0.3, -0.25) is 4.79 Å². The number of amides is 2.